The van der Waals surface area contributed by atoms with Crippen LogP contribution in [0.5, 0.6) is 11.5 Å². The Kier molecular flexibility index (Phi) is 3.38. The summed E-state index contributed by atoms with van der Waals surface area (Å²) in [6.45, 7) is 0.365. The molecule has 1 atom stereocenters. The van der Waals surface area contributed by atoms with E-state index in [4.69, 9.17) is 9.47 Å². The Morgan fingerprint density at radius 2 is 2.22 bits per heavy atom. The number of carbonyl (C=O) groups is 1. The van der Waals surface area contributed by atoms with E-state index in [0.717, 1.165) is 27.3 Å². The molecule has 0 fully saturated rings. The van der Waals surface area contributed by atoms with Gasteiger partial charge < -0.3 is 14.8 Å². The Bertz CT molecular complexity index is 890. The normalized spacial score (nSPS) is 16.0. The fourth-order valence-electron chi connectivity index (χ4n) is 2.66. The fraction of sp³-hybridized carbons (Fsp3) is 0.176. The van der Waals surface area contributed by atoms with Crippen molar-refractivity contribution in [3.8, 4) is 11.5 Å². The first kappa shape index (κ1) is 14.0. The Labute approximate surface area is 136 Å². The smallest absolute Gasteiger partial charge is 0.237 e. The van der Waals surface area contributed by atoms with Gasteiger partial charge in [0, 0.05) is 5.56 Å². The number of aromatic nitrogens is 1. The van der Waals surface area contributed by atoms with Crippen LogP contribution in [0, 0.1) is 0 Å². The maximum Gasteiger partial charge on any atom is 0.237 e. The largest absolute Gasteiger partial charge is 0.497 e. The highest BCUT2D eigenvalue weighted by Gasteiger charge is 2.30. The standard InChI is InChI=1S/C17H14N2O3S/c1-21-10-6-7-13-15(8-10)23-17(18-13)19-16(20)12-9-22-14-5-3-2-4-11(12)14/h2-8,12H,9H2,1H3,(H,18,19,20). The maximum atomic E-state index is 12.5. The lowest BCUT2D eigenvalue weighted by Crippen LogP contribution is -2.22. The van der Waals surface area contributed by atoms with Gasteiger partial charge >= 0.3 is 0 Å². The van der Waals surface area contributed by atoms with Gasteiger partial charge in [0.1, 0.15) is 24.0 Å². The second kappa shape index (κ2) is 5.55. The first-order valence-corrected chi connectivity index (χ1v) is 8.03. The van der Waals surface area contributed by atoms with Crippen molar-refractivity contribution in [3.05, 3.63) is 48.0 Å². The number of anilines is 1. The van der Waals surface area contributed by atoms with Crippen molar-refractivity contribution in [2.45, 2.75) is 5.92 Å². The third-order valence-corrected chi connectivity index (χ3v) is 4.78. The number of hydrogen-bond donors (Lipinski definition) is 1. The van der Waals surface area contributed by atoms with Crippen molar-refractivity contribution >= 4 is 32.6 Å². The summed E-state index contributed by atoms with van der Waals surface area (Å²) in [5, 5.41) is 3.49. The third kappa shape index (κ3) is 2.51. The summed E-state index contributed by atoms with van der Waals surface area (Å²) >= 11 is 1.43. The Balaban J connectivity index is 1.57. The highest BCUT2D eigenvalue weighted by atomic mass is 32.1. The lowest BCUT2D eigenvalue weighted by molar-refractivity contribution is -0.117. The molecule has 1 amide bonds. The van der Waals surface area contributed by atoms with Gasteiger partial charge in [0.15, 0.2) is 5.13 Å². The summed E-state index contributed by atoms with van der Waals surface area (Å²) in [5.41, 5.74) is 1.77. The highest BCUT2D eigenvalue weighted by Crippen LogP contribution is 2.35. The number of rotatable bonds is 3. The van der Waals surface area contributed by atoms with E-state index >= 15 is 0 Å². The van der Waals surface area contributed by atoms with Gasteiger partial charge in [0.25, 0.3) is 0 Å². The molecule has 0 aliphatic carbocycles. The van der Waals surface area contributed by atoms with Gasteiger partial charge in [-0.25, -0.2) is 4.98 Å². The van der Waals surface area contributed by atoms with E-state index < -0.39 is 0 Å². The minimum Gasteiger partial charge on any atom is -0.497 e. The van der Waals surface area contributed by atoms with Crippen LogP contribution in [0.2, 0.25) is 0 Å². The van der Waals surface area contributed by atoms with E-state index in [-0.39, 0.29) is 11.8 Å². The molecule has 1 N–H and O–H groups in total. The molecule has 1 aliphatic rings. The monoisotopic (exact) mass is 326 g/mol. The number of ether oxygens (including phenoxy) is 2. The molecule has 23 heavy (non-hydrogen) atoms. The van der Waals surface area contributed by atoms with Crippen molar-refractivity contribution in [3.63, 3.8) is 0 Å². The van der Waals surface area contributed by atoms with Crippen molar-refractivity contribution in [2.24, 2.45) is 0 Å². The van der Waals surface area contributed by atoms with Crippen LogP contribution in [0.25, 0.3) is 10.2 Å². The summed E-state index contributed by atoms with van der Waals surface area (Å²) in [7, 11) is 1.63. The van der Waals surface area contributed by atoms with Crippen LogP contribution in [0.4, 0.5) is 5.13 Å². The zero-order valence-electron chi connectivity index (χ0n) is 12.4. The summed E-state index contributed by atoms with van der Waals surface area (Å²) in [6.07, 6.45) is 0. The van der Waals surface area contributed by atoms with Crippen LogP contribution in [-0.4, -0.2) is 24.6 Å². The van der Waals surface area contributed by atoms with Crippen LogP contribution in [0.3, 0.4) is 0 Å². The molecule has 1 unspecified atom stereocenters. The van der Waals surface area contributed by atoms with Crippen molar-refractivity contribution in [1.82, 2.24) is 4.98 Å². The van der Waals surface area contributed by atoms with Gasteiger partial charge in [-0.05, 0) is 24.3 Å². The lowest BCUT2D eigenvalue weighted by atomic mass is 10.0. The van der Waals surface area contributed by atoms with Gasteiger partial charge in [-0.15, -0.1) is 0 Å². The number of thiazole rings is 1. The van der Waals surface area contributed by atoms with Gasteiger partial charge in [-0.1, -0.05) is 29.5 Å². The molecule has 1 aromatic heterocycles. The van der Waals surface area contributed by atoms with Crippen LogP contribution in [-0.2, 0) is 4.79 Å². The van der Waals surface area contributed by atoms with Gasteiger partial charge in [-0.2, -0.15) is 0 Å². The zero-order chi connectivity index (χ0) is 15.8. The molecular weight excluding hydrogens is 312 g/mol. The van der Waals surface area contributed by atoms with Crippen LogP contribution in [0.1, 0.15) is 11.5 Å². The number of hydrogen-bond acceptors (Lipinski definition) is 5. The molecule has 0 saturated heterocycles. The molecule has 0 bridgehead atoms. The summed E-state index contributed by atoms with van der Waals surface area (Å²) in [6, 6.07) is 13.3. The van der Waals surface area contributed by atoms with Crippen molar-refractivity contribution in [1.29, 1.82) is 0 Å². The molecule has 2 aromatic carbocycles. The van der Waals surface area contributed by atoms with E-state index in [0.29, 0.717) is 11.7 Å². The van der Waals surface area contributed by atoms with Crippen LogP contribution >= 0.6 is 11.3 Å². The molecule has 0 spiro atoms. The molecule has 0 saturated carbocycles. The average Bonchev–Trinajstić information content (AvgIpc) is 3.17. The molecule has 6 heteroatoms. The lowest BCUT2D eigenvalue weighted by Gasteiger charge is -2.07. The molecule has 4 rings (SSSR count). The average molecular weight is 326 g/mol. The minimum absolute atomic E-state index is 0.0963. The summed E-state index contributed by atoms with van der Waals surface area (Å²) in [4.78, 5) is 17.0. The maximum absolute atomic E-state index is 12.5. The third-order valence-electron chi connectivity index (χ3n) is 3.84. The zero-order valence-corrected chi connectivity index (χ0v) is 13.2. The van der Waals surface area contributed by atoms with Crippen molar-refractivity contribution in [2.75, 3.05) is 19.0 Å². The number of benzene rings is 2. The molecule has 1 aliphatic heterocycles. The van der Waals surface area contributed by atoms with E-state index in [9.17, 15) is 4.79 Å². The van der Waals surface area contributed by atoms with E-state index in [1.54, 1.807) is 7.11 Å². The first-order valence-electron chi connectivity index (χ1n) is 7.22. The Morgan fingerprint density at radius 3 is 3.09 bits per heavy atom. The molecule has 2 heterocycles. The minimum atomic E-state index is -0.298. The Hall–Kier alpha value is -2.60. The predicted molar refractivity (Wildman–Crippen MR) is 89.5 cm³/mol. The van der Waals surface area contributed by atoms with E-state index in [1.807, 2.05) is 42.5 Å². The number of methoxy groups -OCH3 is 1. The topological polar surface area (TPSA) is 60.5 Å². The number of nitrogens with zero attached hydrogens (tertiary/aromatic N) is 1. The predicted octanol–water partition coefficient (Wildman–Crippen LogP) is 3.42. The molecule has 5 nitrogen and oxygen atoms in total. The number of fused-ring (bicyclic) bond motifs is 2. The number of nitrogens with one attached hydrogen (secondary N) is 1. The van der Waals surface area contributed by atoms with Gasteiger partial charge in [0.2, 0.25) is 5.91 Å². The Morgan fingerprint density at radius 1 is 1.35 bits per heavy atom. The van der Waals surface area contributed by atoms with E-state index in [1.165, 1.54) is 11.3 Å². The quantitative estimate of drug-likeness (QED) is 0.801. The van der Waals surface area contributed by atoms with Crippen molar-refractivity contribution < 1.29 is 14.3 Å². The van der Waals surface area contributed by atoms with Crippen LogP contribution in [0.15, 0.2) is 42.5 Å². The number of para-hydroxylation sites is 1. The molecule has 3 aromatic rings. The summed E-state index contributed by atoms with van der Waals surface area (Å²) < 4.78 is 11.7. The first-order chi connectivity index (χ1) is 11.2. The van der Waals surface area contributed by atoms with Gasteiger partial charge in [-0.3, -0.25) is 4.79 Å². The second-order valence-corrected chi connectivity index (χ2v) is 6.27. The number of carbonyl (C=O) groups excluding carboxylic acids is 1. The SMILES string of the molecule is COc1ccc2nc(NC(=O)C3COc4ccccc43)sc2c1. The molecule has 116 valence electrons. The molecular formula is C17H14N2O3S. The molecule has 0 radical (unpaired) electrons. The second-order valence-electron chi connectivity index (χ2n) is 5.24. The van der Waals surface area contributed by atoms with E-state index in [2.05, 4.69) is 10.3 Å². The summed E-state index contributed by atoms with van der Waals surface area (Å²) in [5.74, 6) is 1.16. The number of amides is 1. The highest BCUT2D eigenvalue weighted by molar-refractivity contribution is 7.22. The fourth-order valence-corrected chi connectivity index (χ4v) is 3.55. The van der Waals surface area contributed by atoms with Crippen LogP contribution < -0.4 is 14.8 Å². The van der Waals surface area contributed by atoms with Gasteiger partial charge in [0.05, 0.1) is 17.3 Å².